The number of nitrogens with zero attached hydrogens (tertiary/aromatic N) is 3. The molecule has 0 radical (unpaired) electrons. The van der Waals surface area contributed by atoms with Crippen molar-refractivity contribution in [3.63, 3.8) is 0 Å². The molecule has 5 heteroatoms. The molecular weight excluding hydrogens is 294 g/mol. The van der Waals surface area contributed by atoms with Gasteiger partial charge in [-0.15, -0.1) is 11.3 Å². The highest BCUT2D eigenvalue weighted by atomic mass is 32.1. The van der Waals surface area contributed by atoms with Crippen molar-refractivity contribution in [2.24, 2.45) is 0 Å². The molecule has 0 aliphatic heterocycles. The minimum Gasteiger partial charge on any atom is -0.497 e. The second-order valence-corrected chi connectivity index (χ2v) is 6.04. The molecule has 3 aromatic rings. The second kappa shape index (κ2) is 6.32. The maximum absolute atomic E-state index is 5.23. The van der Waals surface area contributed by atoms with E-state index in [0.29, 0.717) is 0 Å². The van der Waals surface area contributed by atoms with Crippen LogP contribution in [0.3, 0.4) is 0 Å². The van der Waals surface area contributed by atoms with Crippen molar-refractivity contribution in [1.82, 2.24) is 9.97 Å². The number of hydrogen-bond donors (Lipinski definition) is 0. The lowest BCUT2D eigenvalue weighted by Crippen LogP contribution is -2.17. The fourth-order valence-corrected chi connectivity index (χ4v) is 3.43. The minimum atomic E-state index is 0.843. The molecular formula is C17H19N3OS. The van der Waals surface area contributed by atoms with Crippen molar-refractivity contribution in [2.45, 2.75) is 20.3 Å². The fraction of sp³-hybridized carbons (Fsp3) is 0.294. The van der Waals surface area contributed by atoms with Crippen LogP contribution in [-0.2, 0) is 6.42 Å². The maximum atomic E-state index is 5.23. The third-order valence-electron chi connectivity index (χ3n) is 3.66. The number of thiophene rings is 1. The van der Waals surface area contributed by atoms with Gasteiger partial charge in [0.1, 0.15) is 22.7 Å². The van der Waals surface area contributed by atoms with Gasteiger partial charge in [-0.25, -0.2) is 9.97 Å². The Hall–Kier alpha value is -2.14. The molecule has 0 fully saturated rings. The van der Waals surface area contributed by atoms with Gasteiger partial charge in [0, 0.05) is 17.1 Å². The Morgan fingerprint density at radius 1 is 1.14 bits per heavy atom. The zero-order valence-corrected chi connectivity index (χ0v) is 13.9. The Balaban J connectivity index is 2.07. The molecule has 4 nitrogen and oxygen atoms in total. The molecule has 2 heterocycles. The molecule has 0 aliphatic carbocycles. The molecule has 0 spiro atoms. The standard InChI is InChI=1S/C17H19N3OS/c1-4-14-10-15-16(18-11-19-17(15)22-14)20(5-2)12-6-8-13(21-3)9-7-12/h6-11H,4-5H2,1-3H3. The summed E-state index contributed by atoms with van der Waals surface area (Å²) in [5, 5.41) is 1.13. The van der Waals surface area contributed by atoms with Gasteiger partial charge in [0.2, 0.25) is 0 Å². The van der Waals surface area contributed by atoms with Gasteiger partial charge in [0.15, 0.2) is 0 Å². The summed E-state index contributed by atoms with van der Waals surface area (Å²) in [7, 11) is 1.68. The molecule has 3 rings (SSSR count). The van der Waals surface area contributed by atoms with Crippen molar-refractivity contribution < 1.29 is 4.74 Å². The average molecular weight is 313 g/mol. The summed E-state index contributed by atoms with van der Waals surface area (Å²) in [6, 6.07) is 10.3. The van der Waals surface area contributed by atoms with Crippen LogP contribution in [0.25, 0.3) is 10.2 Å². The summed E-state index contributed by atoms with van der Waals surface area (Å²) < 4.78 is 5.23. The highest BCUT2D eigenvalue weighted by Crippen LogP contribution is 2.34. The van der Waals surface area contributed by atoms with E-state index in [4.69, 9.17) is 4.74 Å². The Morgan fingerprint density at radius 3 is 2.55 bits per heavy atom. The lowest BCUT2D eigenvalue weighted by molar-refractivity contribution is 0.415. The molecule has 0 atom stereocenters. The predicted octanol–water partition coefficient (Wildman–Crippen LogP) is 4.42. The number of anilines is 2. The van der Waals surface area contributed by atoms with E-state index >= 15 is 0 Å². The first-order valence-corrected chi connectivity index (χ1v) is 8.23. The molecule has 22 heavy (non-hydrogen) atoms. The number of methoxy groups -OCH3 is 1. The van der Waals surface area contributed by atoms with E-state index in [1.807, 2.05) is 12.1 Å². The maximum Gasteiger partial charge on any atom is 0.145 e. The Morgan fingerprint density at radius 2 is 1.91 bits per heavy atom. The van der Waals surface area contributed by atoms with Gasteiger partial charge in [-0.05, 0) is 43.7 Å². The number of ether oxygens (including phenoxy) is 1. The Labute approximate surface area is 134 Å². The number of aromatic nitrogens is 2. The molecule has 0 saturated heterocycles. The average Bonchev–Trinajstić information content (AvgIpc) is 3.00. The van der Waals surface area contributed by atoms with E-state index in [1.54, 1.807) is 24.8 Å². The second-order valence-electron chi connectivity index (χ2n) is 4.92. The fourth-order valence-electron chi connectivity index (χ4n) is 2.50. The van der Waals surface area contributed by atoms with Gasteiger partial charge < -0.3 is 9.64 Å². The van der Waals surface area contributed by atoms with Crippen LogP contribution in [0.5, 0.6) is 5.75 Å². The highest BCUT2D eigenvalue weighted by molar-refractivity contribution is 7.18. The molecule has 0 amide bonds. The predicted molar refractivity (Wildman–Crippen MR) is 92.5 cm³/mol. The monoisotopic (exact) mass is 313 g/mol. The third kappa shape index (κ3) is 2.64. The van der Waals surface area contributed by atoms with Gasteiger partial charge in [0.05, 0.1) is 12.5 Å². The van der Waals surface area contributed by atoms with Crippen molar-refractivity contribution >= 4 is 33.1 Å². The SMILES string of the molecule is CCc1cc2c(N(CC)c3ccc(OC)cc3)ncnc2s1. The van der Waals surface area contributed by atoms with Crippen LogP contribution in [0.2, 0.25) is 0 Å². The van der Waals surface area contributed by atoms with Crippen LogP contribution in [0.4, 0.5) is 11.5 Å². The zero-order valence-electron chi connectivity index (χ0n) is 13.0. The molecule has 0 N–H and O–H groups in total. The summed E-state index contributed by atoms with van der Waals surface area (Å²) >= 11 is 1.74. The molecule has 2 aromatic heterocycles. The lowest BCUT2D eigenvalue weighted by Gasteiger charge is -2.22. The first-order valence-electron chi connectivity index (χ1n) is 7.41. The molecule has 0 unspecified atom stereocenters. The summed E-state index contributed by atoms with van der Waals surface area (Å²) in [5.41, 5.74) is 1.10. The summed E-state index contributed by atoms with van der Waals surface area (Å²) in [5.74, 6) is 1.82. The largest absolute Gasteiger partial charge is 0.497 e. The number of hydrogen-bond acceptors (Lipinski definition) is 5. The molecule has 0 aliphatic rings. The van der Waals surface area contributed by atoms with Crippen molar-refractivity contribution in [3.05, 3.63) is 41.5 Å². The zero-order chi connectivity index (χ0) is 15.5. The van der Waals surface area contributed by atoms with Crippen LogP contribution in [-0.4, -0.2) is 23.6 Å². The van der Waals surface area contributed by atoms with E-state index in [-0.39, 0.29) is 0 Å². The van der Waals surface area contributed by atoms with Crippen molar-refractivity contribution in [1.29, 1.82) is 0 Å². The van der Waals surface area contributed by atoms with E-state index in [1.165, 1.54) is 4.88 Å². The third-order valence-corrected chi connectivity index (χ3v) is 4.85. The van der Waals surface area contributed by atoms with E-state index < -0.39 is 0 Å². The molecule has 0 saturated carbocycles. The van der Waals surface area contributed by atoms with Crippen LogP contribution < -0.4 is 9.64 Å². The van der Waals surface area contributed by atoms with Gasteiger partial charge in [-0.1, -0.05) is 6.92 Å². The first-order chi connectivity index (χ1) is 10.8. The summed E-state index contributed by atoms with van der Waals surface area (Å²) in [6.45, 7) is 5.14. The molecule has 0 bridgehead atoms. The summed E-state index contributed by atoms with van der Waals surface area (Å²) in [6.07, 6.45) is 2.68. The van der Waals surface area contributed by atoms with E-state index in [2.05, 4.69) is 46.9 Å². The number of rotatable bonds is 5. The van der Waals surface area contributed by atoms with Crippen LogP contribution >= 0.6 is 11.3 Å². The normalized spacial score (nSPS) is 10.9. The highest BCUT2D eigenvalue weighted by Gasteiger charge is 2.15. The van der Waals surface area contributed by atoms with Crippen LogP contribution in [0.15, 0.2) is 36.7 Å². The Bertz CT molecular complexity index is 767. The molecule has 1 aromatic carbocycles. The molecule has 114 valence electrons. The van der Waals surface area contributed by atoms with Gasteiger partial charge in [-0.2, -0.15) is 0 Å². The smallest absolute Gasteiger partial charge is 0.145 e. The van der Waals surface area contributed by atoms with Crippen molar-refractivity contribution in [2.75, 3.05) is 18.6 Å². The van der Waals surface area contributed by atoms with Gasteiger partial charge in [-0.3, -0.25) is 0 Å². The van der Waals surface area contributed by atoms with Crippen molar-refractivity contribution in [3.8, 4) is 5.75 Å². The lowest BCUT2D eigenvalue weighted by atomic mass is 10.2. The van der Waals surface area contributed by atoms with E-state index in [0.717, 1.165) is 40.4 Å². The summed E-state index contributed by atoms with van der Waals surface area (Å²) in [4.78, 5) is 13.5. The van der Waals surface area contributed by atoms with Crippen LogP contribution in [0.1, 0.15) is 18.7 Å². The Kier molecular flexibility index (Phi) is 4.24. The number of benzene rings is 1. The van der Waals surface area contributed by atoms with Gasteiger partial charge in [0.25, 0.3) is 0 Å². The number of fused-ring (bicyclic) bond motifs is 1. The van der Waals surface area contributed by atoms with E-state index in [9.17, 15) is 0 Å². The van der Waals surface area contributed by atoms with Crippen LogP contribution in [0, 0.1) is 0 Å². The number of aryl methyl sites for hydroxylation is 1. The topological polar surface area (TPSA) is 38.2 Å². The quantitative estimate of drug-likeness (QED) is 0.699. The van der Waals surface area contributed by atoms with Gasteiger partial charge >= 0.3 is 0 Å². The minimum absolute atomic E-state index is 0.843. The first kappa shape index (κ1) is 14.8.